The van der Waals surface area contributed by atoms with E-state index in [1.165, 1.54) is 22.8 Å². The van der Waals surface area contributed by atoms with Gasteiger partial charge >= 0.3 is 0 Å². The number of hydrogen-bond donors (Lipinski definition) is 2. The van der Waals surface area contributed by atoms with Crippen LogP contribution in [0.1, 0.15) is 0 Å². The number of nitrogen functional groups attached to an aromatic ring is 2. The molecular weight excluding hydrogens is 226 g/mol. The van der Waals surface area contributed by atoms with E-state index in [0.717, 1.165) is 10.4 Å². The van der Waals surface area contributed by atoms with Gasteiger partial charge in [-0.25, -0.2) is 0 Å². The Hall–Kier alpha value is -2.08. The zero-order chi connectivity index (χ0) is 11.7. The van der Waals surface area contributed by atoms with Gasteiger partial charge in [0.15, 0.2) is 0 Å². The minimum atomic E-state index is -0.423. The molecule has 0 aliphatic rings. The number of nitro groups is 1. The molecule has 0 atom stereocenters. The van der Waals surface area contributed by atoms with Crippen LogP contribution in [-0.4, -0.2) is 4.92 Å². The number of thiophene rings is 1. The highest BCUT2D eigenvalue weighted by Crippen LogP contribution is 2.34. The van der Waals surface area contributed by atoms with E-state index < -0.39 is 4.92 Å². The lowest BCUT2D eigenvalue weighted by Gasteiger charge is -2.03. The summed E-state index contributed by atoms with van der Waals surface area (Å²) < 4.78 is 0. The second-order valence-corrected chi connectivity index (χ2v) is 4.18. The van der Waals surface area contributed by atoms with E-state index >= 15 is 0 Å². The van der Waals surface area contributed by atoms with Crippen LogP contribution in [0.2, 0.25) is 0 Å². The van der Waals surface area contributed by atoms with E-state index in [0.29, 0.717) is 11.4 Å². The molecule has 0 saturated heterocycles. The maximum absolute atomic E-state index is 10.5. The predicted molar refractivity (Wildman–Crippen MR) is 65.2 cm³/mol. The first-order chi connectivity index (χ1) is 7.58. The van der Waals surface area contributed by atoms with Crippen molar-refractivity contribution in [3.8, 4) is 10.4 Å². The molecule has 6 heteroatoms. The molecule has 16 heavy (non-hydrogen) atoms. The highest BCUT2D eigenvalue weighted by Gasteiger charge is 2.12. The number of benzene rings is 1. The van der Waals surface area contributed by atoms with Crippen LogP contribution in [0.15, 0.2) is 29.6 Å². The first-order valence-electron chi connectivity index (χ1n) is 4.46. The standard InChI is InChI=1S/C10H9N3O2S/c11-6-1-2-8(9(12)3-6)10-4-7(5-16-10)13(14)15/h1-5H,11-12H2. The Kier molecular flexibility index (Phi) is 2.49. The van der Waals surface area contributed by atoms with Gasteiger partial charge in [-0.3, -0.25) is 10.1 Å². The van der Waals surface area contributed by atoms with Crippen molar-refractivity contribution in [3.63, 3.8) is 0 Å². The molecule has 4 N–H and O–H groups in total. The molecule has 0 spiro atoms. The van der Waals surface area contributed by atoms with Crippen molar-refractivity contribution in [2.24, 2.45) is 0 Å². The maximum Gasteiger partial charge on any atom is 0.280 e. The largest absolute Gasteiger partial charge is 0.399 e. The molecule has 0 aliphatic carbocycles. The first-order valence-corrected chi connectivity index (χ1v) is 5.34. The quantitative estimate of drug-likeness (QED) is 0.475. The summed E-state index contributed by atoms with van der Waals surface area (Å²) in [5.41, 5.74) is 13.3. The van der Waals surface area contributed by atoms with Crippen LogP contribution in [0.25, 0.3) is 10.4 Å². The average molecular weight is 235 g/mol. The lowest BCUT2D eigenvalue weighted by molar-refractivity contribution is -0.384. The van der Waals surface area contributed by atoms with E-state index in [1.807, 2.05) is 0 Å². The molecule has 0 saturated carbocycles. The molecule has 0 radical (unpaired) electrons. The van der Waals surface area contributed by atoms with Gasteiger partial charge in [-0.15, -0.1) is 11.3 Å². The zero-order valence-electron chi connectivity index (χ0n) is 8.21. The van der Waals surface area contributed by atoms with Crippen LogP contribution in [-0.2, 0) is 0 Å². The molecule has 1 aromatic carbocycles. The summed E-state index contributed by atoms with van der Waals surface area (Å²) in [5.74, 6) is 0. The molecule has 0 amide bonds. The summed E-state index contributed by atoms with van der Waals surface area (Å²) in [4.78, 5) is 10.9. The molecule has 0 bridgehead atoms. The first kappa shape index (κ1) is 10.4. The zero-order valence-corrected chi connectivity index (χ0v) is 9.03. The number of rotatable bonds is 2. The fourth-order valence-electron chi connectivity index (χ4n) is 1.37. The average Bonchev–Trinajstić information content (AvgIpc) is 2.66. The maximum atomic E-state index is 10.5. The van der Waals surface area contributed by atoms with Crippen LogP contribution in [0.4, 0.5) is 17.1 Å². The van der Waals surface area contributed by atoms with Gasteiger partial charge in [0.05, 0.1) is 10.3 Å². The molecule has 82 valence electrons. The number of nitrogens with zero attached hydrogens (tertiary/aromatic N) is 1. The van der Waals surface area contributed by atoms with Crippen molar-refractivity contribution in [1.29, 1.82) is 0 Å². The number of nitrogens with two attached hydrogens (primary N) is 2. The molecule has 2 rings (SSSR count). The summed E-state index contributed by atoms with van der Waals surface area (Å²) in [5, 5.41) is 12.0. The van der Waals surface area contributed by atoms with Gasteiger partial charge in [0, 0.05) is 27.9 Å². The smallest absolute Gasteiger partial charge is 0.280 e. The van der Waals surface area contributed by atoms with Crippen molar-refractivity contribution in [2.75, 3.05) is 11.5 Å². The van der Waals surface area contributed by atoms with Crippen molar-refractivity contribution in [1.82, 2.24) is 0 Å². The minimum Gasteiger partial charge on any atom is -0.399 e. The van der Waals surface area contributed by atoms with E-state index in [4.69, 9.17) is 11.5 Å². The summed E-state index contributed by atoms with van der Waals surface area (Å²) in [6, 6.07) is 6.63. The monoisotopic (exact) mass is 235 g/mol. The second-order valence-electron chi connectivity index (χ2n) is 3.27. The molecular formula is C10H9N3O2S. The summed E-state index contributed by atoms with van der Waals surface area (Å²) in [6.45, 7) is 0. The number of anilines is 2. The fourth-order valence-corrected chi connectivity index (χ4v) is 2.27. The Morgan fingerprint density at radius 2 is 2.00 bits per heavy atom. The summed E-state index contributed by atoms with van der Waals surface area (Å²) in [7, 11) is 0. The Bertz CT molecular complexity index is 551. The predicted octanol–water partition coefficient (Wildman–Crippen LogP) is 2.49. The van der Waals surface area contributed by atoms with Crippen molar-refractivity contribution >= 4 is 28.4 Å². The van der Waals surface area contributed by atoms with Gasteiger partial charge in [0.25, 0.3) is 5.69 Å². The summed E-state index contributed by atoms with van der Waals surface area (Å²) in [6.07, 6.45) is 0. The second kappa shape index (κ2) is 3.82. The van der Waals surface area contributed by atoms with Gasteiger partial charge in [-0.2, -0.15) is 0 Å². The van der Waals surface area contributed by atoms with Gasteiger partial charge < -0.3 is 11.5 Å². The summed E-state index contributed by atoms with van der Waals surface area (Å²) >= 11 is 1.29. The van der Waals surface area contributed by atoms with Gasteiger partial charge in [-0.05, 0) is 18.2 Å². The van der Waals surface area contributed by atoms with Crippen molar-refractivity contribution in [3.05, 3.63) is 39.8 Å². The minimum absolute atomic E-state index is 0.0798. The fraction of sp³-hybridized carbons (Fsp3) is 0. The van der Waals surface area contributed by atoms with Gasteiger partial charge in [0.1, 0.15) is 0 Å². The Morgan fingerprint density at radius 3 is 2.56 bits per heavy atom. The normalized spacial score (nSPS) is 10.2. The van der Waals surface area contributed by atoms with Crippen LogP contribution in [0, 0.1) is 10.1 Å². The Labute approximate surface area is 95.5 Å². The highest BCUT2D eigenvalue weighted by atomic mass is 32.1. The molecule has 1 aromatic heterocycles. The van der Waals surface area contributed by atoms with Crippen molar-refractivity contribution in [2.45, 2.75) is 0 Å². The Morgan fingerprint density at radius 1 is 1.25 bits per heavy atom. The third-order valence-electron chi connectivity index (χ3n) is 2.14. The molecule has 5 nitrogen and oxygen atoms in total. The third-order valence-corrected chi connectivity index (χ3v) is 3.09. The van der Waals surface area contributed by atoms with E-state index in [1.54, 1.807) is 18.2 Å². The van der Waals surface area contributed by atoms with Crippen molar-refractivity contribution < 1.29 is 4.92 Å². The molecule has 0 fully saturated rings. The molecule has 1 heterocycles. The van der Waals surface area contributed by atoms with Crippen LogP contribution < -0.4 is 11.5 Å². The van der Waals surface area contributed by atoms with E-state index in [9.17, 15) is 10.1 Å². The lowest BCUT2D eigenvalue weighted by atomic mass is 10.1. The van der Waals surface area contributed by atoms with Crippen LogP contribution in [0.3, 0.4) is 0 Å². The van der Waals surface area contributed by atoms with Gasteiger partial charge in [0.2, 0.25) is 0 Å². The van der Waals surface area contributed by atoms with E-state index in [-0.39, 0.29) is 5.69 Å². The van der Waals surface area contributed by atoms with Crippen LogP contribution >= 0.6 is 11.3 Å². The number of hydrogen-bond acceptors (Lipinski definition) is 5. The third kappa shape index (κ3) is 1.82. The molecule has 0 unspecified atom stereocenters. The molecule has 2 aromatic rings. The Balaban J connectivity index is 2.46. The highest BCUT2D eigenvalue weighted by molar-refractivity contribution is 7.14. The van der Waals surface area contributed by atoms with Gasteiger partial charge in [-0.1, -0.05) is 0 Å². The SMILES string of the molecule is Nc1ccc(-c2cc([N+](=O)[O-])cs2)c(N)c1. The van der Waals surface area contributed by atoms with Crippen LogP contribution in [0.5, 0.6) is 0 Å². The van der Waals surface area contributed by atoms with E-state index in [2.05, 4.69) is 0 Å². The topological polar surface area (TPSA) is 95.2 Å². The molecule has 0 aliphatic heterocycles. The lowest BCUT2D eigenvalue weighted by Crippen LogP contribution is -1.92.